The van der Waals surface area contributed by atoms with Gasteiger partial charge < -0.3 is 30.0 Å². The highest BCUT2D eigenvalue weighted by Gasteiger charge is 2.15. The number of ether oxygens (including phenoxy) is 3. The lowest BCUT2D eigenvalue weighted by Crippen LogP contribution is -2.38. The van der Waals surface area contributed by atoms with Gasteiger partial charge in [-0.05, 0) is 37.5 Å². The van der Waals surface area contributed by atoms with E-state index in [1.54, 1.807) is 7.11 Å². The number of aliphatic hydroxyl groups is 1. The summed E-state index contributed by atoms with van der Waals surface area (Å²) in [6.45, 7) is 6.02. The van der Waals surface area contributed by atoms with Crippen LogP contribution in [0.3, 0.4) is 0 Å². The van der Waals surface area contributed by atoms with Gasteiger partial charge in [-0.1, -0.05) is 12.1 Å². The molecule has 1 fully saturated rings. The van der Waals surface area contributed by atoms with Crippen molar-refractivity contribution in [1.82, 2.24) is 10.6 Å². The first-order valence-corrected chi connectivity index (χ1v) is 9.26. The summed E-state index contributed by atoms with van der Waals surface area (Å²) >= 11 is 0. The Morgan fingerprint density at radius 2 is 2.31 bits per heavy atom. The molecule has 7 heteroatoms. The first kappa shape index (κ1) is 20.5. The quantitative estimate of drug-likeness (QED) is 0.331. The van der Waals surface area contributed by atoms with Gasteiger partial charge in [-0.2, -0.15) is 0 Å². The highest BCUT2D eigenvalue weighted by atomic mass is 16.5. The number of nitrogens with one attached hydrogen (secondary N) is 2. The van der Waals surface area contributed by atoms with E-state index in [4.69, 9.17) is 14.2 Å². The van der Waals surface area contributed by atoms with E-state index in [1.165, 1.54) is 0 Å². The Balaban J connectivity index is 1.73. The van der Waals surface area contributed by atoms with Gasteiger partial charge in [0.1, 0.15) is 5.75 Å². The highest BCUT2D eigenvalue weighted by Crippen LogP contribution is 2.19. The van der Waals surface area contributed by atoms with Crippen LogP contribution in [-0.4, -0.2) is 63.7 Å². The van der Waals surface area contributed by atoms with Gasteiger partial charge in [0.25, 0.3) is 0 Å². The van der Waals surface area contributed by atoms with Crippen molar-refractivity contribution in [2.45, 2.75) is 32.0 Å². The van der Waals surface area contributed by atoms with Crippen molar-refractivity contribution in [2.75, 3.05) is 46.6 Å². The summed E-state index contributed by atoms with van der Waals surface area (Å²) in [5.41, 5.74) is 0.788. The van der Waals surface area contributed by atoms with Gasteiger partial charge in [0.2, 0.25) is 0 Å². The van der Waals surface area contributed by atoms with Gasteiger partial charge >= 0.3 is 0 Å². The van der Waals surface area contributed by atoms with E-state index in [9.17, 15) is 5.11 Å². The largest absolute Gasteiger partial charge is 0.497 e. The molecule has 0 amide bonds. The van der Waals surface area contributed by atoms with Gasteiger partial charge in [-0.3, -0.25) is 4.99 Å². The molecule has 0 aliphatic carbocycles. The smallest absolute Gasteiger partial charge is 0.191 e. The number of rotatable bonds is 10. The van der Waals surface area contributed by atoms with Gasteiger partial charge in [0.05, 0.1) is 32.5 Å². The molecule has 0 saturated carbocycles. The molecule has 26 heavy (non-hydrogen) atoms. The summed E-state index contributed by atoms with van der Waals surface area (Å²) < 4.78 is 16.2. The minimum Gasteiger partial charge on any atom is -0.497 e. The summed E-state index contributed by atoms with van der Waals surface area (Å²) in [5, 5.41) is 16.8. The van der Waals surface area contributed by atoms with Crippen LogP contribution < -0.4 is 15.4 Å². The zero-order valence-corrected chi connectivity index (χ0v) is 15.7. The topological polar surface area (TPSA) is 84.3 Å². The maximum atomic E-state index is 10.3. The van der Waals surface area contributed by atoms with Crippen LogP contribution in [0, 0.1) is 0 Å². The normalized spacial score (nSPS) is 18.6. The van der Waals surface area contributed by atoms with E-state index in [0.29, 0.717) is 19.2 Å². The van der Waals surface area contributed by atoms with Crippen LogP contribution in [0.2, 0.25) is 0 Å². The molecule has 1 aliphatic rings. The zero-order chi connectivity index (χ0) is 18.6. The monoisotopic (exact) mass is 365 g/mol. The van der Waals surface area contributed by atoms with Crippen LogP contribution in [0.25, 0.3) is 0 Å². The highest BCUT2D eigenvalue weighted by molar-refractivity contribution is 5.79. The number of benzene rings is 1. The molecule has 146 valence electrons. The van der Waals surface area contributed by atoms with Gasteiger partial charge in [0.15, 0.2) is 5.96 Å². The lowest BCUT2D eigenvalue weighted by Gasteiger charge is -2.14. The van der Waals surface area contributed by atoms with Crippen molar-refractivity contribution >= 4 is 5.96 Å². The van der Waals surface area contributed by atoms with E-state index in [1.807, 2.05) is 31.2 Å². The number of hydrogen-bond donors (Lipinski definition) is 3. The second kappa shape index (κ2) is 11.7. The average molecular weight is 365 g/mol. The molecule has 0 bridgehead atoms. The lowest BCUT2D eigenvalue weighted by molar-refractivity contribution is 0.0420. The number of hydrogen-bond acceptors (Lipinski definition) is 5. The number of methoxy groups -OCH3 is 1. The molecular weight excluding hydrogens is 334 g/mol. The third-order valence-electron chi connectivity index (χ3n) is 4.10. The van der Waals surface area contributed by atoms with Crippen molar-refractivity contribution in [1.29, 1.82) is 0 Å². The molecule has 3 N–H and O–H groups in total. The standard InChI is InChI=1S/C19H31N3O4/c1-3-20-19(21-9-5-10-26-17-8-11-25-14-17)22-13-18(23)15-6-4-7-16(12-15)24-2/h4,6-7,12,17-18,23H,3,5,8-11,13-14H2,1-2H3,(H2,20,21,22). The van der Waals surface area contributed by atoms with Gasteiger partial charge in [-0.25, -0.2) is 0 Å². The number of aliphatic imine (C=N–C) groups is 1. The molecule has 1 aromatic carbocycles. The van der Waals surface area contributed by atoms with Crippen LogP contribution in [-0.2, 0) is 9.47 Å². The summed E-state index contributed by atoms with van der Waals surface area (Å²) in [7, 11) is 1.61. The Hall–Kier alpha value is -1.83. The first-order chi connectivity index (χ1) is 12.7. The predicted molar refractivity (Wildman–Crippen MR) is 102 cm³/mol. The van der Waals surface area contributed by atoms with Crippen LogP contribution in [0.15, 0.2) is 29.3 Å². The van der Waals surface area contributed by atoms with Crippen molar-refractivity contribution in [3.8, 4) is 5.75 Å². The van der Waals surface area contributed by atoms with Crippen molar-refractivity contribution in [3.05, 3.63) is 29.8 Å². The summed E-state index contributed by atoms with van der Waals surface area (Å²) in [6.07, 6.45) is 1.44. The minimum absolute atomic E-state index is 0.245. The van der Waals surface area contributed by atoms with Crippen LogP contribution in [0.5, 0.6) is 5.75 Å². The molecule has 2 unspecified atom stereocenters. The molecule has 0 aromatic heterocycles. The molecule has 1 heterocycles. The molecule has 0 radical (unpaired) electrons. The molecule has 2 atom stereocenters. The van der Waals surface area contributed by atoms with E-state index in [2.05, 4.69) is 15.6 Å². The Labute approximate surface area is 155 Å². The van der Waals surface area contributed by atoms with Crippen LogP contribution >= 0.6 is 0 Å². The van der Waals surface area contributed by atoms with Crippen molar-refractivity contribution in [2.24, 2.45) is 4.99 Å². The van der Waals surface area contributed by atoms with Crippen LogP contribution in [0.1, 0.15) is 31.4 Å². The third-order valence-corrected chi connectivity index (χ3v) is 4.10. The maximum absolute atomic E-state index is 10.3. The molecule has 0 spiro atoms. The van der Waals surface area contributed by atoms with E-state index >= 15 is 0 Å². The second-order valence-electron chi connectivity index (χ2n) is 6.15. The van der Waals surface area contributed by atoms with Gasteiger partial charge in [-0.15, -0.1) is 0 Å². The van der Waals surface area contributed by atoms with Gasteiger partial charge in [0, 0.05) is 26.3 Å². The minimum atomic E-state index is -0.675. The summed E-state index contributed by atoms with van der Waals surface area (Å²) in [4.78, 5) is 4.46. The Morgan fingerprint density at radius 1 is 1.42 bits per heavy atom. The SMILES string of the molecule is CCNC(=NCC(O)c1cccc(OC)c1)NCCCOC1CCOC1. The fourth-order valence-electron chi connectivity index (χ4n) is 2.65. The predicted octanol–water partition coefficient (Wildman–Crippen LogP) is 1.48. The van der Waals surface area contributed by atoms with Crippen LogP contribution in [0.4, 0.5) is 0 Å². The number of nitrogens with zero attached hydrogens (tertiary/aromatic N) is 1. The fraction of sp³-hybridized carbons (Fsp3) is 0.632. The number of aliphatic hydroxyl groups excluding tert-OH is 1. The number of guanidine groups is 1. The third kappa shape index (κ3) is 7.19. The Kier molecular flexibility index (Phi) is 9.23. The summed E-state index contributed by atoms with van der Waals surface area (Å²) in [6, 6.07) is 7.41. The Bertz CT molecular complexity index is 547. The molecule has 1 aliphatic heterocycles. The first-order valence-electron chi connectivity index (χ1n) is 9.26. The molecule has 1 aromatic rings. The lowest BCUT2D eigenvalue weighted by atomic mass is 10.1. The second-order valence-corrected chi connectivity index (χ2v) is 6.15. The molecule has 2 rings (SSSR count). The fourth-order valence-corrected chi connectivity index (χ4v) is 2.65. The van der Waals surface area contributed by atoms with E-state index in [-0.39, 0.29) is 12.6 Å². The molecule has 7 nitrogen and oxygen atoms in total. The zero-order valence-electron chi connectivity index (χ0n) is 15.7. The molecular formula is C19H31N3O4. The Morgan fingerprint density at radius 3 is 3.04 bits per heavy atom. The maximum Gasteiger partial charge on any atom is 0.191 e. The average Bonchev–Trinajstić information content (AvgIpc) is 3.19. The van der Waals surface area contributed by atoms with E-state index in [0.717, 1.165) is 43.9 Å². The van der Waals surface area contributed by atoms with Crippen molar-refractivity contribution in [3.63, 3.8) is 0 Å². The summed E-state index contributed by atoms with van der Waals surface area (Å²) in [5.74, 6) is 1.42. The van der Waals surface area contributed by atoms with E-state index < -0.39 is 6.10 Å². The molecule has 1 saturated heterocycles. The van der Waals surface area contributed by atoms with Crippen molar-refractivity contribution < 1.29 is 19.3 Å².